The maximum absolute atomic E-state index is 12.9. The summed E-state index contributed by atoms with van der Waals surface area (Å²) in [6, 6.07) is 5.78. The lowest BCUT2D eigenvalue weighted by atomic mass is 10.0. The number of rotatable bonds is 6. The molecule has 0 aliphatic carbocycles. The Morgan fingerprint density at radius 2 is 1.81 bits per heavy atom. The molecular formula is C15H17FN2O3. The third-order valence-corrected chi connectivity index (χ3v) is 2.79. The predicted octanol–water partition coefficient (Wildman–Crippen LogP) is 2.49. The molecule has 0 aliphatic rings. The summed E-state index contributed by atoms with van der Waals surface area (Å²) in [6.07, 6.45) is 0.458. The van der Waals surface area contributed by atoms with E-state index in [9.17, 15) is 9.50 Å². The molecule has 1 N–H and O–H groups in total. The van der Waals surface area contributed by atoms with Gasteiger partial charge in [0.15, 0.2) is 0 Å². The van der Waals surface area contributed by atoms with Gasteiger partial charge in [-0.1, -0.05) is 12.1 Å². The molecule has 0 fully saturated rings. The van der Waals surface area contributed by atoms with Crippen molar-refractivity contribution in [3.8, 4) is 11.9 Å². The predicted molar refractivity (Wildman–Crippen MR) is 74.8 cm³/mol. The van der Waals surface area contributed by atoms with Crippen molar-refractivity contribution in [3.05, 3.63) is 47.4 Å². The van der Waals surface area contributed by atoms with Gasteiger partial charge in [-0.25, -0.2) is 9.37 Å². The Labute approximate surface area is 122 Å². The molecule has 0 radical (unpaired) electrons. The van der Waals surface area contributed by atoms with Crippen LogP contribution in [0.4, 0.5) is 4.39 Å². The number of aliphatic hydroxyl groups excluding tert-OH is 1. The van der Waals surface area contributed by atoms with Gasteiger partial charge in [-0.05, 0) is 31.5 Å². The molecular weight excluding hydrogens is 275 g/mol. The van der Waals surface area contributed by atoms with Crippen LogP contribution in [-0.2, 0) is 0 Å². The molecule has 2 rings (SSSR count). The molecule has 0 spiro atoms. The Hall–Kier alpha value is -2.21. The standard InChI is InChI=1S/C15H17FN2O3/c1-3-20-14-12(9-17-15(18-14)21-4-2)13(19)10-5-7-11(16)8-6-10/h5-9,13,19H,3-4H2,1-2H3/t13-/m1/s1. The van der Waals surface area contributed by atoms with Crippen LogP contribution in [0, 0.1) is 5.82 Å². The average Bonchev–Trinajstić information content (AvgIpc) is 2.48. The monoisotopic (exact) mass is 292 g/mol. The minimum absolute atomic E-state index is 0.191. The molecule has 0 amide bonds. The SMILES string of the molecule is CCOc1ncc([C@H](O)c2ccc(F)cc2)c(OCC)n1. The Morgan fingerprint density at radius 3 is 2.43 bits per heavy atom. The Bertz CT molecular complexity index is 590. The molecule has 2 aromatic rings. The average molecular weight is 292 g/mol. The normalized spacial score (nSPS) is 12.0. The first-order chi connectivity index (χ1) is 10.2. The summed E-state index contributed by atoms with van der Waals surface area (Å²) in [5.41, 5.74) is 0.942. The van der Waals surface area contributed by atoms with Gasteiger partial charge in [0.2, 0.25) is 5.88 Å². The highest BCUT2D eigenvalue weighted by Gasteiger charge is 2.19. The molecule has 0 aliphatic heterocycles. The van der Waals surface area contributed by atoms with Crippen molar-refractivity contribution in [2.45, 2.75) is 20.0 Å². The van der Waals surface area contributed by atoms with Gasteiger partial charge in [-0.15, -0.1) is 0 Å². The Kier molecular flexibility index (Phi) is 5.05. The molecule has 0 unspecified atom stereocenters. The van der Waals surface area contributed by atoms with E-state index in [1.54, 1.807) is 0 Å². The number of nitrogens with zero attached hydrogens (tertiary/aromatic N) is 2. The van der Waals surface area contributed by atoms with Crippen LogP contribution < -0.4 is 9.47 Å². The fourth-order valence-electron chi connectivity index (χ4n) is 1.82. The van der Waals surface area contributed by atoms with Gasteiger partial charge in [-0.2, -0.15) is 4.98 Å². The zero-order valence-corrected chi connectivity index (χ0v) is 11.9. The Balaban J connectivity index is 2.34. The van der Waals surface area contributed by atoms with E-state index in [1.807, 2.05) is 13.8 Å². The molecule has 1 aromatic heterocycles. The molecule has 112 valence electrons. The highest BCUT2D eigenvalue weighted by atomic mass is 19.1. The molecule has 1 aromatic carbocycles. The molecule has 5 nitrogen and oxygen atoms in total. The van der Waals surface area contributed by atoms with Gasteiger partial charge in [0.1, 0.15) is 11.9 Å². The van der Waals surface area contributed by atoms with Crippen LogP contribution in [0.3, 0.4) is 0 Å². The van der Waals surface area contributed by atoms with E-state index in [0.29, 0.717) is 24.3 Å². The summed E-state index contributed by atoms with van der Waals surface area (Å²) in [7, 11) is 0. The van der Waals surface area contributed by atoms with Crippen LogP contribution in [-0.4, -0.2) is 28.3 Å². The van der Waals surface area contributed by atoms with Crippen molar-refractivity contribution < 1.29 is 19.0 Å². The maximum atomic E-state index is 12.9. The summed E-state index contributed by atoms with van der Waals surface area (Å²) in [6.45, 7) is 4.47. The first-order valence-corrected chi connectivity index (χ1v) is 6.71. The first kappa shape index (κ1) is 15.2. The van der Waals surface area contributed by atoms with E-state index in [2.05, 4.69) is 9.97 Å². The number of benzene rings is 1. The zero-order valence-electron chi connectivity index (χ0n) is 11.9. The molecule has 0 bridgehead atoms. The molecule has 6 heteroatoms. The van der Waals surface area contributed by atoms with Gasteiger partial charge in [0.25, 0.3) is 0 Å². The summed E-state index contributed by atoms with van der Waals surface area (Å²) < 4.78 is 23.6. The molecule has 0 saturated carbocycles. The molecule has 1 atom stereocenters. The van der Waals surface area contributed by atoms with E-state index in [4.69, 9.17) is 9.47 Å². The fourth-order valence-corrected chi connectivity index (χ4v) is 1.82. The van der Waals surface area contributed by atoms with Crippen molar-refractivity contribution in [2.75, 3.05) is 13.2 Å². The highest BCUT2D eigenvalue weighted by Crippen LogP contribution is 2.29. The van der Waals surface area contributed by atoms with Crippen molar-refractivity contribution >= 4 is 0 Å². The smallest absolute Gasteiger partial charge is 0.319 e. The van der Waals surface area contributed by atoms with E-state index in [1.165, 1.54) is 30.5 Å². The summed E-state index contributed by atoms with van der Waals surface area (Å²) in [5.74, 6) is -0.105. The fraction of sp³-hybridized carbons (Fsp3) is 0.333. The van der Waals surface area contributed by atoms with E-state index in [0.717, 1.165) is 0 Å². The van der Waals surface area contributed by atoms with Crippen LogP contribution in [0.15, 0.2) is 30.5 Å². The lowest BCUT2D eigenvalue weighted by Crippen LogP contribution is -2.08. The minimum atomic E-state index is -0.997. The first-order valence-electron chi connectivity index (χ1n) is 6.71. The number of ether oxygens (including phenoxy) is 2. The Morgan fingerprint density at radius 1 is 1.14 bits per heavy atom. The van der Waals surface area contributed by atoms with E-state index < -0.39 is 6.10 Å². The number of aliphatic hydroxyl groups is 1. The third-order valence-electron chi connectivity index (χ3n) is 2.79. The van der Waals surface area contributed by atoms with Crippen LogP contribution in [0.25, 0.3) is 0 Å². The quantitative estimate of drug-likeness (QED) is 0.886. The number of aromatic nitrogens is 2. The van der Waals surface area contributed by atoms with Crippen molar-refractivity contribution in [1.82, 2.24) is 9.97 Å². The second kappa shape index (κ2) is 6.99. The second-order valence-corrected chi connectivity index (χ2v) is 4.23. The van der Waals surface area contributed by atoms with Crippen LogP contribution in [0.1, 0.15) is 31.1 Å². The van der Waals surface area contributed by atoms with Gasteiger partial charge in [-0.3, -0.25) is 0 Å². The van der Waals surface area contributed by atoms with Crippen LogP contribution in [0.2, 0.25) is 0 Å². The molecule has 21 heavy (non-hydrogen) atoms. The van der Waals surface area contributed by atoms with E-state index in [-0.39, 0.29) is 17.7 Å². The molecule has 0 saturated heterocycles. The summed E-state index contributed by atoms with van der Waals surface area (Å²) in [4.78, 5) is 8.15. The molecule has 1 heterocycles. The van der Waals surface area contributed by atoms with Gasteiger partial charge in [0, 0.05) is 6.20 Å². The van der Waals surface area contributed by atoms with Crippen molar-refractivity contribution in [1.29, 1.82) is 0 Å². The highest BCUT2D eigenvalue weighted by molar-refractivity contribution is 5.35. The van der Waals surface area contributed by atoms with E-state index >= 15 is 0 Å². The summed E-state index contributed by atoms with van der Waals surface area (Å²) >= 11 is 0. The largest absolute Gasteiger partial charge is 0.478 e. The van der Waals surface area contributed by atoms with Crippen LogP contribution >= 0.6 is 0 Å². The number of hydrogen-bond donors (Lipinski definition) is 1. The topological polar surface area (TPSA) is 64.5 Å². The third kappa shape index (κ3) is 3.66. The van der Waals surface area contributed by atoms with Crippen LogP contribution in [0.5, 0.6) is 11.9 Å². The van der Waals surface area contributed by atoms with Crippen molar-refractivity contribution in [2.24, 2.45) is 0 Å². The summed E-state index contributed by atoms with van der Waals surface area (Å²) in [5, 5.41) is 10.4. The van der Waals surface area contributed by atoms with Gasteiger partial charge >= 0.3 is 6.01 Å². The van der Waals surface area contributed by atoms with Gasteiger partial charge in [0.05, 0.1) is 18.8 Å². The number of halogens is 1. The van der Waals surface area contributed by atoms with Gasteiger partial charge < -0.3 is 14.6 Å². The number of hydrogen-bond acceptors (Lipinski definition) is 5. The van der Waals surface area contributed by atoms with Crippen molar-refractivity contribution in [3.63, 3.8) is 0 Å². The zero-order chi connectivity index (χ0) is 15.2. The lowest BCUT2D eigenvalue weighted by Gasteiger charge is -2.15. The lowest BCUT2D eigenvalue weighted by molar-refractivity contribution is 0.206. The minimum Gasteiger partial charge on any atom is -0.478 e. The maximum Gasteiger partial charge on any atom is 0.319 e. The second-order valence-electron chi connectivity index (χ2n) is 4.23.